The molecule has 4 aliphatic rings. The minimum Gasteiger partial charge on any atom is -0.493 e. The van der Waals surface area contributed by atoms with Gasteiger partial charge in [-0.15, -0.1) is 0 Å². The Morgan fingerprint density at radius 1 is 0.824 bits per heavy atom. The monoisotopic (exact) mass is 1040 g/mol. The SMILES string of the molecule is C=C1CC(OCc2cc(COc3cc4c(cc3OC)C(=O)N3c5ccccc5C[C@H]3C=N4)cc(NC(=O)[C@H](C)NC(=O)[C@@H](NC(=O)CCC(C)(C)SSCCCC(C)=O)C(C)C)c2)N2c3ccccc3C[C@H]2C=N1. The van der Waals surface area contributed by atoms with Gasteiger partial charge in [-0.1, -0.05) is 78.4 Å². The maximum atomic E-state index is 14.1. The Hall–Kier alpha value is -6.43. The number of ketones is 1. The van der Waals surface area contributed by atoms with Crippen molar-refractivity contribution in [2.24, 2.45) is 15.9 Å². The Balaban J connectivity index is 0.969. The van der Waals surface area contributed by atoms with E-state index in [-0.39, 0.29) is 66.2 Å². The van der Waals surface area contributed by atoms with E-state index in [2.05, 4.69) is 58.4 Å². The van der Waals surface area contributed by atoms with Crippen molar-refractivity contribution in [3.8, 4) is 11.5 Å². The van der Waals surface area contributed by atoms with Crippen LogP contribution in [0.15, 0.2) is 101 Å². The van der Waals surface area contributed by atoms with Crippen LogP contribution in [0.2, 0.25) is 0 Å². The van der Waals surface area contributed by atoms with Gasteiger partial charge >= 0.3 is 0 Å². The van der Waals surface area contributed by atoms with Gasteiger partial charge in [-0.05, 0) is 112 Å². The van der Waals surface area contributed by atoms with E-state index < -0.39 is 23.9 Å². The van der Waals surface area contributed by atoms with Crippen LogP contribution in [0.25, 0.3) is 0 Å². The van der Waals surface area contributed by atoms with Gasteiger partial charge in [0.1, 0.15) is 30.7 Å². The summed E-state index contributed by atoms with van der Waals surface area (Å²) in [5.41, 5.74) is 7.73. The predicted octanol–water partition coefficient (Wildman–Crippen LogP) is 9.72. The number of amides is 4. The second kappa shape index (κ2) is 23.8. The van der Waals surface area contributed by atoms with E-state index in [1.165, 1.54) is 12.7 Å². The molecule has 3 N–H and O–H groups in total. The minimum absolute atomic E-state index is 0.00525. The summed E-state index contributed by atoms with van der Waals surface area (Å²) in [5.74, 6) is 0.151. The van der Waals surface area contributed by atoms with Crippen LogP contribution in [0.1, 0.15) is 106 Å². The van der Waals surface area contributed by atoms with Crippen molar-refractivity contribution in [2.75, 3.05) is 28.0 Å². The molecule has 0 saturated carbocycles. The van der Waals surface area contributed by atoms with E-state index in [9.17, 15) is 24.0 Å². The van der Waals surface area contributed by atoms with Crippen molar-refractivity contribution in [3.05, 3.63) is 119 Å². The average Bonchev–Trinajstić information content (AvgIpc) is 3.85. The normalized spacial score (nSPS) is 18.3. The fourth-order valence-corrected chi connectivity index (χ4v) is 12.3. The highest BCUT2D eigenvalue weighted by Crippen LogP contribution is 2.42. The minimum atomic E-state index is -0.976. The fourth-order valence-electron chi connectivity index (χ4n) is 9.60. The average molecular weight is 1040 g/mol. The lowest BCUT2D eigenvalue weighted by molar-refractivity contribution is -0.131. The molecular formula is C57H67N7O8S2. The van der Waals surface area contributed by atoms with Gasteiger partial charge in [-0.2, -0.15) is 0 Å². The predicted molar refractivity (Wildman–Crippen MR) is 296 cm³/mol. The third-order valence-electron chi connectivity index (χ3n) is 13.5. The summed E-state index contributed by atoms with van der Waals surface area (Å²) in [6, 6.07) is 23.1. The van der Waals surface area contributed by atoms with Crippen LogP contribution in [0.5, 0.6) is 11.5 Å². The van der Waals surface area contributed by atoms with Crippen molar-refractivity contribution in [3.63, 3.8) is 0 Å². The highest BCUT2D eigenvalue weighted by atomic mass is 33.1. The van der Waals surface area contributed by atoms with Gasteiger partial charge in [-0.3, -0.25) is 34.1 Å². The number of hydrogen-bond donors (Lipinski definition) is 3. The number of anilines is 3. The van der Waals surface area contributed by atoms with Gasteiger partial charge in [-0.25, -0.2) is 0 Å². The molecule has 74 heavy (non-hydrogen) atoms. The smallest absolute Gasteiger partial charge is 0.261 e. The summed E-state index contributed by atoms with van der Waals surface area (Å²) in [6.45, 7) is 15.4. The van der Waals surface area contributed by atoms with Crippen LogP contribution in [-0.2, 0) is 50.0 Å². The number of hydrogen-bond acceptors (Lipinski definition) is 13. The Kier molecular flexibility index (Phi) is 17.3. The molecular weight excluding hydrogens is 975 g/mol. The molecule has 390 valence electrons. The van der Waals surface area contributed by atoms with Crippen LogP contribution in [-0.4, -0.2) is 89.8 Å². The number of aliphatic imine (C=N–C) groups is 2. The summed E-state index contributed by atoms with van der Waals surface area (Å²) in [4.78, 5) is 79.8. The van der Waals surface area contributed by atoms with Crippen LogP contribution in [0.4, 0.5) is 22.7 Å². The summed E-state index contributed by atoms with van der Waals surface area (Å²) in [7, 11) is 4.92. The topological polar surface area (TPSA) is 180 Å². The summed E-state index contributed by atoms with van der Waals surface area (Å²) < 4.78 is 18.8. The van der Waals surface area contributed by atoms with Crippen LogP contribution < -0.4 is 35.2 Å². The van der Waals surface area contributed by atoms with Crippen molar-refractivity contribution >= 4 is 86.2 Å². The molecule has 8 rings (SSSR count). The van der Waals surface area contributed by atoms with E-state index in [0.29, 0.717) is 65.4 Å². The Bertz CT molecular complexity index is 2850. The van der Waals surface area contributed by atoms with Crippen molar-refractivity contribution in [1.82, 2.24) is 10.6 Å². The molecule has 1 unspecified atom stereocenters. The van der Waals surface area contributed by atoms with E-state index in [4.69, 9.17) is 19.2 Å². The first-order chi connectivity index (χ1) is 35.5. The Morgan fingerprint density at radius 3 is 2.24 bits per heavy atom. The molecule has 5 atom stereocenters. The number of para-hydroxylation sites is 2. The molecule has 4 aromatic rings. The largest absolute Gasteiger partial charge is 0.493 e. The molecule has 0 aliphatic carbocycles. The van der Waals surface area contributed by atoms with Crippen LogP contribution in [0, 0.1) is 5.92 Å². The lowest BCUT2D eigenvalue weighted by Gasteiger charge is -2.32. The summed E-state index contributed by atoms with van der Waals surface area (Å²) in [6.07, 6.45) is 7.52. The van der Waals surface area contributed by atoms with Crippen molar-refractivity contribution in [2.45, 2.75) is 135 Å². The summed E-state index contributed by atoms with van der Waals surface area (Å²) >= 11 is 0. The molecule has 0 bridgehead atoms. The Morgan fingerprint density at radius 2 is 1.51 bits per heavy atom. The highest BCUT2D eigenvalue weighted by molar-refractivity contribution is 8.77. The third kappa shape index (κ3) is 13.1. The van der Waals surface area contributed by atoms with Gasteiger partial charge < -0.3 is 39.9 Å². The number of rotatable bonds is 22. The van der Waals surface area contributed by atoms with Gasteiger partial charge in [0.15, 0.2) is 11.5 Å². The molecule has 17 heteroatoms. The van der Waals surface area contributed by atoms with Crippen LogP contribution in [0.3, 0.4) is 0 Å². The summed E-state index contributed by atoms with van der Waals surface area (Å²) in [5, 5.41) is 8.74. The standard InChI is InChI=1S/C57H67N7O8S2/c1-34(2)53(62-51(66)19-20-57(6,7)74-73-21-13-14-36(4)65)55(68)60-37(5)54(67)61-42-24-38(23-39(25-42)33-72-52-22-35(3)58-30-43-26-40-15-9-11-17-47(40)63(43)52)32-71-50-29-46-45(28-49(50)70-8)56(69)64-44(31-59-46)27-41-16-10-12-18-48(41)64/h9-12,15-18,23-25,28-31,34,37,43-44,52-53H,3,13-14,19-22,26-27,32-33H2,1-2,4-8H3,(H,60,68)(H,61,67)(H,62,66)/t37-,43-,44-,52?,53-/m0/s1. The van der Waals surface area contributed by atoms with Gasteiger partial charge in [0, 0.05) is 77.4 Å². The highest BCUT2D eigenvalue weighted by Gasteiger charge is 2.38. The van der Waals surface area contributed by atoms with Gasteiger partial charge in [0.05, 0.1) is 37.1 Å². The first-order valence-corrected chi connectivity index (χ1v) is 27.6. The fraction of sp³-hybridized carbons (Fsp3) is 0.421. The molecule has 0 saturated heterocycles. The lowest BCUT2D eigenvalue weighted by atomic mass is 10.0. The first-order valence-electron chi connectivity index (χ1n) is 25.3. The molecule has 0 radical (unpaired) electrons. The molecule has 4 aromatic carbocycles. The Labute approximate surface area is 442 Å². The first kappa shape index (κ1) is 53.8. The third-order valence-corrected chi connectivity index (χ3v) is 16.9. The van der Waals surface area contributed by atoms with Gasteiger partial charge in [0.2, 0.25) is 17.7 Å². The zero-order valence-corrected chi connectivity index (χ0v) is 44.9. The molecule has 4 heterocycles. The van der Waals surface area contributed by atoms with Crippen LogP contribution >= 0.6 is 21.6 Å². The molecule has 0 aromatic heterocycles. The second-order valence-corrected chi connectivity index (χ2v) is 23.4. The van der Waals surface area contributed by atoms with E-state index in [1.54, 1.807) is 58.5 Å². The number of ether oxygens (including phenoxy) is 3. The zero-order valence-electron chi connectivity index (χ0n) is 43.3. The number of carbonyl (C=O) groups excluding carboxylic acids is 5. The van der Waals surface area contributed by atoms with Gasteiger partial charge in [0.25, 0.3) is 5.91 Å². The molecule has 4 aliphatic heterocycles. The molecule has 0 spiro atoms. The zero-order chi connectivity index (χ0) is 52.7. The number of Topliss-reactive ketones (excluding diaryl/α,β-unsaturated/α-hetero) is 1. The molecule has 15 nitrogen and oxygen atoms in total. The van der Waals surface area contributed by atoms with E-state index in [1.807, 2.05) is 74.8 Å². The quantitative estimate of drug-likeness (QED) is 0.0504. The molecule has 4 amide bonds. The number of fused-ring (bicyclic) bond motifs is 7. The number of methoxy groups -OCH3 is 1. The van der Waals surface area contributed by atoms with E-state index >= 15 is 0 Å². The van der Waals surface area contributed by atoms with Crippen molar-refractivity contribution < 1.29 is 38.2 Å². The maximum Gasteiger partial charge on any atom is 0.261 e. The molecule has 0 fully saturated rings. The maximum absolute atomic E-state index is 14.1. The number of nitrogens with zero attached hydrogens (tertiary/aromatic N) is 4. The van der Waals surface area contributed by atoms with Crippen molar-refractivity contribution in [1.29, 1.82) is 0 Å². The number of carbonyl (C=O) groups is 5. The number of nitrogens with one attached hydrogen (secondary N) is 3. The number of benzene rings is 4. The second-order valence-electron chi connectivity index (χ2n) is 20.3. The van der Waals surface area contributed by atoms with E-state index in [0.717, 1.165) is 41.1 Å². The lowest BCUT2D eigenvalue weighted by Crippen LogP contribution is -2.53.